The summed E-state index contributed by atoms with van der Waals surface area (Å²) in [6.45, 7) is 6.83. The zero-order valence-corrected chi connectivity index (χ0v) is 28.5. The van der Waals surface area contributed by atoms with Crippen LogP contribution in [0.5, 0.6) is 17.2 Å². The molecule has 0 unspecified atom stereocenters. The van der Waals surface area contributed by atoms with Gasteiger partial charge in [0.1, 0.15) is 23.4 Å². The molecule has 250 valence electrons. The normalized spacial score (nSPS) is 18.2. The van der Waals surface area contributed by atoms with Gasteiger partial charge in [-0.15, -0.1) is 10.2 Å². The summed E-state index contributed by atoms with van der Waals surface area (Å²) in [4.78, 5) is 28.9. The maximum atomic E-state index is 14.3. The third kappa shape index (κ3) is 6.91. The number of anilines is 1. The molecule has 1 aromatic heterocycles. The number of rotatable bonds is 13. The maximum absolute atomic E-state index is 14.3. The van der Waals surface area contributed by atoms with E-state index in [0.29, 0.717) is 57.9 Å². The van der Waals surface area contributed by atoms with Crippen LogP contribution in [0.3, 0.4) is 0 Å². The number of aliphatic hydroxyl groups excluding tert-OH is 1. The number of fused-ring (bicyclic) bond motifs is 1. The van der Waals surface area contributed by atoms with Gasteiger partial charge in [0, 0.05) is 17.7 Å². The number of hydrogen-bond donors (Lipinski definition) is 1. The Morgan fingerprint density at radius 3 is 2.69 bits per heavy atom. The van der Waals surface area contributed by atoms with Gasteiger partial charge in [0.05, 0.1) is 24.8 Å². The highest BCUT2D eigenvalue weighted by atomic mass is 32.2. The lowest BCUT2D eigenvalue weighted by molar-refractivity contribution is -0.132. The number of Topliss-reactive ketones (excluding diaryl/α,β-unsaturated/α-hetero) is 1. The van der Waals surface area contributed by atoms with Crippen LogP contribution in [0, 0.1) is 5.82 Å². The van der Waals surface area contributed by atoms with Gasteiger partial charge in [-0.25, -0.2) is 4.39 Å². The summed E-state index contributed by atoms with van der Waals surface area (Å²) in [5.74, 6) is -0.294. The molecule has 1 N–H and O–H groups in total. The molecule has 0 bridgehead atoms. The average Bonchev–Trinajstić information content (AvgIpc) is 3.77. The monoisotopic (exact) mass is 689 g/mol. The Bertz CT molecular complexity index is 1860. The molecule has 12 heteroatoms. The summed E-state index contributed by atoms with van der Waals surface area (Å²) >= 11 is 2.39. The quantitative estimate of drug-likeness (QED) is 0.0374. The minimum Gasteiger partial charge on any atom is -0.507 e. The lowest BCUT2D eigenvalue weighted by Crippen LogP contribution is -2.29. The molecule has 2 atom stereocenters. The van der Waals surface area contributed by atoms with E-state index in [1.165, 1.54) is 22.7 Å². The van der Waals surface area contributed by atoms with Crippen LogP contribution >= 0.6 is 23.1 Å². The van der Waals surface area contributed by atoms with Gasteiger partial charge in [-0.3, -0.25) is 14.5 Å². The van der Waals surface area contributed by atoms with E-state index in [0.717, 1.165) is 41.9 Å². The first-order chi connectivity index (χ1) is 23.3. The largest absolute Gasteiger partial charge is 0.507 e. The molecular formula is C36H36FN3O6S2. The van der Waals surface area contributed by atoms with Crippen molar-refractivity contribution >= 4 is 45.7 Å². The minimum atomic E-state index is -1.04. The summed E-state index contributed by atoms with van der Waals surface area (Å²) < 4.78 is 32.6. The number of unbranched alkanes of at least 4 members (excludes halogenated alkanes) is 2. The van der Waals surface area contributed by atoms with E-state index in [1.54, 1.807) is 54.6 Å². The second kappa shape index (κ2) is 14.8. The number of carbonyl (C=O) groups excluding carboxylic acids is 2. The third-order valence-electron chi connectivity index (χ3n) is 8.11. The molecule has 2 aliphatic heterocycles. The maximum Gasteiger partial charge on any atom is 0.301 e. The first-order valence-electron chi connectivity index (χ1n) is 16.0. The summed E-state index contributed by atoms with van der Waals surface area (Å²) in [7, 11) is 0. The molecule has 2 aliphatic rings. The zero-order chi connectivity index (χ0) is 33.8. The minimum absolute atomic E-state index is 0.00878. The van der Waals surface area contributed by atoms with E-state index in [2.05, 4.69) is 17.1 Å². The van der Waals surface area contributed by atoms with E-state index < -0.39 is 17.7 Å². The molecule has 3 aromatic carbocycles. The molecule has 0 spiro atoms. The van der Waals surface area contributed by atoms with Gasteiger partial charge in [-0.1, -0.05) is 67.1 Å². The van der Waals surface area contributed by atoms with Crippen LogP contribution in [0.1, 0.15) is 68.3 Å². The van der Waals surface area contributed by atoms with Crippen molar-refractivity contribution in [2.24, 2.45) is 0 Å². The van der Waals surface area contributed by atoms with Crippen molar-refractivity contribution in [2.75, 3.05) is 18.1 Å². The topological polar surface area (TPSA) is 111 Å². The Morgan fingerprint density at radius 2 is 1.90 bits per heavy atom. The number of ketones is 1. The SMILES string of the molecule is CCCCCOc1ccc([C@@H]2C(=C(O)c3ccc4c(c3)C[C@H](C)O4)C(=O)C(=O)N2c2nnc(SCc3ccccc3F)s2)cc1OCC. The molecule has 6 rings (SSSR count). The molecule has 3 heterocycles. The highest BCUT2D eigenvalue weighted by Crippen LogP contribution is 2.46. The van der Waals surface area contributed by atoms with Gasteiger partial charge in [0.15, 0.2) is 15.8 Å². The smallest absolute Gasteiger partial charge is 0.301 e. The fourth-order valence-electron chi connectivity index (χ4n) is 5.80. The van der Waals surface area contributed by atoms with Crippen molar-refractivity contribution in [2.45, 2.75) is 68.7 Å². The summed E-state index contributed by atoms with van der Waals surface area (Å²) in [6, 6.07) is 15.9. The molecule has 1 fully saturated rings. The van der Waals surface area contributed by atoms with Gasteiger partial charge in [-0.05, 0) is 73.4 Å². The van der Waals surface area contributed by atoms with Crippen molar-refractivity contribution in [1.29, 1.82) is 0 Å². The molecular weight excluding hydrogens is 654 g/mol. The van der Waals surface area contributed by atoms with Crippen LogP contribution in [-0.2, 0) is 21.8 Å². The van der Waals surface area contributed by atoms with E-state index in [9.17, 15) is 19.1 Å². The standard InChI is InChI=1S/C36H36FN3O6S2/c1-4-6-9-16-45-28-15-12-22(19-29(28)44-5-2)31-30(32(41)23-13-14-27-25(18-23)17-21(3)46-27)33(42)34(43)40(31)35-38-39-36(48-35)47-20-24-10-7-8-11-26(24)37/h7-8,10-15,18-19,21,31,41H,4-6,9,16-17,20H2,1-3H3/t21-,31+/m0/s1. The number of hydrogen-bond acceptors (Lipinski definition) is 10. The van der Waals surface area contributed by atoms with Gasteiger partial charge >= 0.3 is 5.91 Å². The molecule has 48 heavy (non-hydrogen) atoms. The van der Waals surface area contributed by atoms with Crippen molar-refractivity contribution < 1.29 is 33.3 Å². The van der Waals surface area contributed by atoms with Crippen molar-refractivity contribution in [3.8, 4) is 17.2 Å². The first-order valence-corrected chi connectivity index (χ1v) is 17.8. The molecule has 0 radical (unpaired) electrons. The predicted molar refractivity (Wildman–Crippen MR) is 184 cm³/mol. The van der Waals surface area contributed by atoms with Crippen molar-refractivity contribution in [3.63, 3.8) is 0 Å². The van der Waals surface area contributed by atoms with Gasteiger partial charge in [-0.2, -0.15) is 0 Å². The van der Waals surface area contributed by atoms with E-state index in [4.69, 9.17) is 14.2 Å². The highest BCUT2D eigenvalue weighted by molar-refractivity contribution is 8.00. The van der Waals surface area contributed by atoms with Crippen LogP contribution in [0.2, 0.25) is 0 Å². The molecule has 0 saturated carbocycles. The van der Waals surface area contributed by atoms with Crippen LogP contribution < -0.4 is 19.1 Å². The number of nitrogens with zero attached hydrogens (tertiary/aromatic N) is 3. The second-order valence-corrected chi connectivity index (χ2v) is 13.7. The number of ether oxygens (including phenoxy) is 3. The second-order valence-electron chi connectivity index (χ2n) is 11.5. The van der Waals surface area contributed by atoms with Crippen LogP contribution in [0.25, 0.3) is 5.76 Å². The van der Waals surface area contributed by atoms with E-state index >= 15 is 0 Å². The number of aromatic nitrogens is 2. The van der Waals surface area contributed by atoms with Crippen molar-refractivity contribution in [3.05, 3.63) is 94.3 Å². The number of amides is 1. The lowest BCUT2D eigenvalue weighted by atomic mass is 9.94. The van der Waals surface area contributed by atoms with Crippen molar-refractivity contribution in [1.82, 2.24) is 10.2 Å². The molecule has 0 aliphatic carbocycles. The third-order valence-corrected chi connectivity index (χ3v) is 10.2. The van der Waals surface area contributed by atoms with E-state index in [1.807, 2.05) is 13.8 Å². The van der Waals surface area contributed by atoms with Gasteiger partial charge in [0.25, 0.3) is 5.78 Å². The zero-order valence-electron chi connectivity index (χ0n) is 26.9. The number of thioether (sulfide) groups is 1. The molecule has 1 saturated heterocycles. The Morgan fingerprint density at radius 1 is 1.06 bits per heavy atom. The van der Waals surface area contributed by atoms with Gasteiger partial charge < -0.3 is 19.3 Å². The fourth-order valence-corrected chi connectivity index (χ4v) is 7.65. The summed E-state index contributed by atoms with van der Waals surface area (Å²) in [5, 5.41) is 20.4. The average molecular weight is 690 g/mol. The van der Waals surface area contributed by atoms with Crippen LogP contribution in [-0.4, -0.2) is 46.3 Å². The molecule has 1 amide bonds. The Kier molecular flexibility index (Phi) is 10.3. The predicted octanol–water partition coefficient (Wildman–Crippen LogP) is 7.89. The first kappa shape index (κ1) is 33.5. The van der Waals surface area contributed by atoms with Crippen LogP contribution in [0.4, 0.5) is 9.52 Å². The Hall–Kier alpha value is -4.42. The Labute approximate surface area is 286 Å². The number of aliphatic hydroxyl groups is 1. The molecule has 9 nitrogen and oxygen atoms in total. The highest BCUT2D eigenvalue weighted by Gasteiger charge is 2.48. The lowest BCUT2D eigenvalue weighted by Gasteiger charge is -2.23. The number of carbonyl (C=O) groups is 2. The molecule has 4 aromatic rings. The van der Waals surface area contributed by atoms with Gasteiger partial charge in [0.2, 0.25) is 5.13 Å². The Balaban J connectivity index is 1.40. The fraction of sp³-hybridized carbons (Fsp3) is 0.333. The summed E-state index contributed by atoms with van der Waals surface area (Å²) in [5.41, 5.74) is 2.25. The van der Waals surface area contributed by atoms with E-state index in [-0.39, 0.29) is 28.4 Å². The number of halogens is 1. The van der Waals surface area contributed by atoms with Crippen LogP contribution in [0.15, 0.2) is 70.6 Å². The number of benzene rings is 3. The summed E-state index contributed by atoms with van der Waals surface area (Å²) in [6.07, 6.45) is 3.63.